The van der Waals surface area contributed by atoms with Crippen LogP contribution in [-0.4, -0.2) is 27.2 Å². The number of phenols is 1. The van der Waals surface area contributed by atoms with Gasteiger partial charge in [0, 0.05) is 17.7 Å². The number of carbonyl (C=O) groups excluding carboxylic acids is 1. The highest BCUT2D eigenvalue weighted by atomic mass is 127. The van der Waals surface area contributed by atoms with Crippen LogP contribution >= 0.6 is 56.5 Å². The van der Waals surface area contributed by atoms with Crippen LogP contribution in [-0.2, 0) is 9.53 Å². The number of ether oxygens (including phenoxy) is 1. The number of phenolic OH excluding ortho intramolecular Hbond substituents is 1. The molecule has 1 aliphatic rings. The van der Waals surface area contributed by atoms with E-state index in [0.717, 1.165) is 5.56 Å². The maximum atomic E-state index is 13.8. The Balaban J connectivity index is 1.69. The summed E-state index contributed by atoms with van der Waals surface area (Å²) in [6.07, 6.45) is 1.71. The zero-order chi connectivity index (χ0) is 28.7. The van der Waals surface area contributed by atoms with E-state index in [0.29, 0.717) is 33.5 Å². The van der Waals surface area contributed by atoms with Gasteiger partial charge in [-0.3, -0.25) is 19.5 Å². The van der Waals surface area contributed by atoms with Gasteiger partial charge >= 0.3 is 5.97 Å². The van der Waals surface area contributed by atoms with Gasteiger partial charge in [-0.2, -0.15) is 0 Å². The Morgan fingerprint density at radius 3 is 2.65 bits per heavy atom. The first kappa shape index (κ1) is 28.2. The van der Waals surface area contributed by atoms with E-state index in [1.807, 2.05) is 45.2 Å². The molecule has 0 fully saturated rings. The Labute approximate surface area is 257 Å². The highest BCUT2D eigenvalue weighted by Gasteiger charge is 2.35. The average molecular weight is 783 g/mol. The fraction of sp³-hybridized carbons (Fsp3) is 0.148. The van der Waals surface area contributed by atoms with E-state index in [-0.39, 0.29) is 34.9 Å². The Morgan fingerprint density at radius 2 is 1.98 bits per heavy atom. The van der Waals surface area contributed by atoms with Crippen LogP contribution in [0.25, 0.3) is 17.4 Å². The molecule has 5 rings (SSSR count). The molecule has 0 aliphatic carbocycles. The summed E-state index contributed by atoms with van der Waals surface area (Å²) < 4.78 is 14.5. The first-order chi connectivity index (χ1) is 19.1. The van der Waals surface area contributed by atoms with Crippen LogP contribution in [0.2, 0.25) is 0 Å². The number of nitrogens with zero attached hydrogens (tertiary/aromatic N) is 3. The number of esters is 1. The molecule has 0 saturated heterocycles. The molecule has 2 aromatic heterocycles. The Hall–Kier alpha value is -3.31. The lowest BCUT2D eigenvalue weighted by molar-refractivity contribution is -0.384. The monoisotopic (exact) mass is 783 g/mol. The van der Waals surface area contributed by atoms with Gasteiger partial charge in [-0.25, -0.2) is 9.79 Å². The number of furan rings is 1. The first-order valence-electron chi connectivity index (χ1n) is 11.8. The smallest absolute Gasteiger partial charge is 0.338 e. The van der Waals surface area contributed by atoms with Gasteiger partial charge in [0.2, 0.25) is 0 Å². The van der Waals surface area contributed by atoms with Gasteiger partial charge in [-0.1, -0.05) is 23.5 Å². The Bertz CT molecular complexity index is 1880. The van der Waals surface area contributed by atoms with Crippen molar-refractivity contribution in [2.45, 2.75) is 19.9 Å². The number of nitro benzene ring substituents is 1. The minimum absolute atomic E-state index is 0.0926. The molecule has 10 nitrogen and oxygen atoms in total. The third-order valence-electron chi connectivity index (χ3n) is 6.09. The summed E-state index contributed by atoms with van der Waals surface area (Å²) in [5, 5.41) is 21.4. The number of allylic oxidation sites excluding steroid dienone is 1. The molecule has 0 bridgehead atoms. The van der Waals surface area contributed by atoms with Gasteiger partial charge in [-0.05, 0) is 94.9 Å². The molecule has 0 unspecified atom stereocenters. The van der Waals surface area contributed by atoms with Crippen molar-refractivity contribution in [1.29, 1.82) is 0 Å². The molecule has 4 aromatic rings. The van der Waals surface area contributed by atoms with Crippen LogP contribution in [0.15, 0.2) is 74.0 Å². The van der Waals surface area contributed by atoms with E-state index in [1.54, 1.807) is 56.3 Å². The molecule has 2 aromatic carbocycles. The maximum absolute atomic E-state index is 13.8. The fourth-order valence-corrected chi connectivity index (χ4v) is 7.17. The Kier molecular flexibility index (Phi) is 7.96. The third kappa shape index (κ3) is 5.24. The molecule has 1 N–H and O–H groups in total. The summed E-state index contributed by atoms with van der Waals surface area (Å²) in [4.78, 5) is 42.6. The van der Waals surface area contributed by atoms with Crippen LogP contribution in [0.4, 0.5) is 5.69 Å². The van der Waals surface area contributed by atoms with Gasteiger partial charge < -0.3 is 14.3 Å². The SMILES string of the molecule is CCOC(=O)C1=C(C)N=c2s/c(=C\c3cc(I)c(O)c(I)c3)c(=O)n2[C@@H]1c1ccc(-c2cccc([N+](=O)[O-])c2)o1. The van der Waals surface area contributed by atoms with E-state index < -0.39 is 16.9 Å². The van der Waals surface area contributed by atoms with Crippen molar-refractivity contribution in [3.05, 3.63) is 108 Å². The number of carbonyl (C=O) groups is 1. The summed E-state index contributed by atoms with van der Waals surface area (Å²) in [5.41, 5.74) is 1.27. The number of rotatable bonds is 6. The average Bonchev–Trinajstić information content (AvgIpc) is 3.52. The van der Waals surface area contributed by atoms with Crippen molar-refractivity contribution in [2.75, 3.05) is 6.61 Å². The van der Waals surface area contributed by atoms with Crippen LogP contribution < -0.4 is 14.9 Å². The van der Waals surface area contributed by atoms with Crippen molar-refractivity contribution < 1.29 is 24.0 Å². The summed E-state index contributed by atoms with van der Waals surface area (Å²) in [7, 11) is 0. The molecular formula is C27H19I2N3O7S. The number of aromatic nitrogens is 1. The molecule has 1 atom stereocenters. The highest BCUT2D eigenvalue weighted by Crippen LogP contribution is 2.35. The van der Waals surface area contributed by atoms with Crippen LogP contribution in [0.1, 0.15) is 31.2 Å². The number of nitro groups is 1. The summed E-state index contributed by atoms with van der Waals surface area (Å²) in [6.45, 7) is 3.49. The van der Waals surface area contributed by atoms with E-state index in [9.17, 15) is 24.8 Å². The van der Waals surface area contributed by atoms with Gasteiger partial charge in [-0.15, -0.1) is 0 Å². The number of fused-ring (bicyclic) bond motifs is 1. The van der Waals surface area contributed by atoms with Crippen molar-refractivity contribution in [3.8, 4) is 17.1 Å². The van der Waals surface area contributed by atoms with Crippen molar-refractivity contribution in [2.24, 2.45) is 4.99 Å². The van der Waals surface area contributed by atoms with Crippen molar-refractivity contribution >= 4 is 74.3 Å². The van der Waals surface area contributed by atoms with Gasteiger partial charge in [0.25, 0.3) is 11.2 Å². The highest BCUT2D eigenvalue weighted by molar-refractivity contribution is 14.1. The van der Waals surface area contributed by atoms with E-state index >= 15 is 0 Å². The van der Waals surface area contributed by atoms with E-state index in [1.165, 1.54) is 28.0 Å². The Morgan fingerprint density at radius 1 is 1.25 bits per heavy atom. The van der Waals surface area contributed by atoms with Crippen LogP contribution in [0, 0.1) is 17.3 Å². The second-order valence-corrected chi connectivity index (χ2v) is 12.0. The van der Waals surface area contributed by atoms with Crippen LogP contribution in [0.3, 0.4) is 0 Å². The molecule has 1 aliphatic heterocycles. The van der Waals surface area contributed by atoms with E-state index in [4.69, 9.17) is 9.15 Å². The number of hydrogen-bond donors (Lipinski definition) is 1. The van der Waals surface area contributed by atoms with Crippen molar-refractivity contribution in [3.63, 3.8) is 0 Å². The summed E-state index contributed by atoms with van der Waals surface area (Å²) >= 11 is 5.22. The second kappa shape index (κ2) is 11.3. The lowest BCUT2D eigenvalue weighted by atomic mass is 10.0. The van der Waals surface area contributed by atoms with Crippen LogP contribution in [0.5, 0.6) is 5.75 Å². The third-order valence-corrected chi connectivity index (χ3v) is 8.72. The number of hydrogen-bond acceptors (Lipinski definition) is 9. The van der Waals surface area contributed by atoms with Crippen molar-refractivity contribution in [1.82, 2.24) is 4.57 Å². The van der Waals surface area contributed by atoms with E-state index in [2.05, 4.69) is 4.99 Å². The lowest BCUT2D eigenvalue weighted by Crippen LogP contribution is -2.39. The summed E-state index contributed by atoms with van der Waals surface area (Å²) in [5.74, 6) is 0.165. The lowest BCUT2D eigenvalue weighted by Gasteiger charge is -2.22. The quantitative estimate of drug-likeness (QED) is 0.128. The van der Waals surface area contributed by atoms with Gasteiger partial charge in [0.1, 0.15) is 23.3 Å². The molecule has 0 radical (unpaired) electrons. The standard InChI is InChI=1S/C27H19I2N3O7S/c1-3-38-26(35)22-13(2)30-27-31(25(34)21(40-27)11-14-9-17(28)24(33)18(29)10-14)23(22)20-8-7-19(39-20)15-5-4-6-16(12-15)32(36)37/h4-12,23,33H,3H2,1-2H3/b21-11-/t23-/m1/s1. The zero-order valence-electron chi connectivity index (χ0n) is 20.9. The number of non-ortho nitro benzene ring substituents is 1. The fourth-order valence-electron chi connectivity index (χ4n) is 4.31. The molecule has 204 valence electrons. The summed E-state index contributed by atoms with van der Waals surface area (Å²) in [6, 6.07) is 11.8. The topological polar surface area (TPSA) is 137 Å². The molecule has 0 spiro atoms. The number of thiazole rings is 1. The molecule has 40 heavy (non-hydrogen) atoms. The molecule has 3 heterocycles. The maximum Gasteiger partial charge on any atom is 0.338 e. The minimum atomic E-state index is -0.968. The molecule has 0 saturated carbocycles. The molecule has 0 amide bonds. The second-order valence-electron chi connectivity index (χ2n) is 8.64. The minimum Gasteiger partial charge on any atom is -0.506 e. The molecule has 13 heteroatoms. The zero-order valence-corrected chi connectivity index (χ0v) is 26.0. The largest absolute Gasteiger partial charge is 0.506 e. The number of halogens is 2. The molecular weight excluding hydrogens is 764 g/mol. The number of aromatic hydroxyl groups is 1. The normalized spacial score (nSPS) is 15.1. The van der Waals surface area contributed by atoms with Gasteiger partial charge in [0.15, 0.2) is 4.80 Å². The number of benzene rings is 2. The van der Waals surface area contributed by atoms with Gasteiger partial charge in [0.05, 0.1) is 34.5 Å². The predicted molar refractivity (Wildman–Crippen MR) is 165 cm³/mol. The predicted octanol–water partition coefficient (Wildman–Crippen LogP) is 4.88. The first-order valence-corrected chi connectivity index (χ1v) is 14.8.